The van der Waals surface area contributed by atoms with Crippen LogP contribution in [-0.4, -0.2) is 36.9 Å². The van der Waals surface area contributed by atoms with Crippen LogP contribution >= 0.6 is 11.3 Å². The highest BCUT2D eigenvalue weighted by Gasteiger charge is 2.30. The number of carbonyl (C=O) groups excluding carboxylic acids is 2. The van der Waals surface area contributed by atoms with E-state index in [1.54, 1.807) is 12.0 Å². The molecule has 2 heterocycles. The summed E-state index contributed by atoms with van der Waals surface area (Å²) in [7, 11) is 1.60. The lowest BCUT2D eigenvalue weighted by Crippen LogP contribution is -2.43. The molecule has 1 N–H and O–H groups in total. The Morgan fingerprint density at radius 2 is 2.04 bits per heavy atom. The van der Waals surface area contributed by atoms with Crippen LogP contribution in [0, 0.1) is 5.92 Å². The van der Waals surface area contributed by atoms with E-state index in [4.69, 9.17) is 4.74 Å². The van der Waals surface area contributed by atoms with Crippen LogP contribution in [0.2, 0.25) is 0 Å². The van der Waals surface area contributed by atoms with Crippen LogP contribution < -0.4 is 10.1 Å². The predicted octanol–water partition coefficient (Wildman–Crippen LogP) is 4.55. The zero-order chi connectivity index (χ0) is 20.3. The van der Waals surface area contributed by atoms with Crippen LogP contribution in [0.3, 0.4) is 0 Å². The predicted molar refractivity (Wildman–Crippen MR) is 113 cm³/mol. The Balaban J connectivity index is 1.73. The van der Waals surface area contributed by atoms with E-state index in [-0.39, 0.29) is 23.1 Å². The third-order valence-electron chi connectivity index (χ3n) is 5.13. The van der Waals surface area contributed by atoms with Crippen LogP contribution in [0.1, 0.15) is 48.8 Å². The van der Waals surface area contributed by atoms with Crippen LogP contribution in [0.25, 0.3) is 0 Å². The molecule has 1 fully saturated rings. The lowest BCUT2D eigenvalue weighted by Gasteiger charge is -2.32. The van der Waals surface area contributed by atoms with Gasteiger partial charge < -0.3 is 15.0 Å². The lowest BCUT2D eigenvalue weighted by molar-refractivity contribution is -0.121. The number of nitrogens with zero attached hydrogens (tertiary/aromatic N) is 1. The normalized spacial score (nSPS) is 17.3. The van der Waals surface area contributed by atoms with Crippen LogP contribution in [0.5, 0.6) is 5.75 Å². The van der Waals surface area contributed by atoms with E-state index in [9.17, 15) is 9.59 Å². The summed E-state index contributed by atoms with van der Waals surface area (Å²) >= 11 is 1.44. The van der Waals surface area contributed by atoms with Gasteiger partial charge in [-0.05, 0) is 47.4 Å². The van der Waals surface area contributed by atoms with Gasteiger partial charge in [0.25, 0.3) is 5.91 Å². The molecule has 1 aromatic heterocycles. The number of benzene rings is 1. The fraction of sp³-hybridized carbons (Fsp3) is 0.455. The van der Waals surface area contributed by atoms with Gasteiger partial charge in [-0.2, -0.15) is 0 Å². The zero-order valence-electron chi connectivity index (χ0n) is 17.0. The van der Waals surface area contributed by atoms with Crippen LogP contribution in [-0.2, 0) is 10.2 Å². The maximum Gasteiger partial charge on any atom is 0.263 e. The van der Waals surface area contributed by atoms with Gasteiger partial charge in [0, 0.05) is 13.1 Å². The first kappa shape index (κ1) is 20.4. The Bertz CT molecular complexity index is 840. The number of hydrogen-bond donors (Lipinski definition) is 1. The summed E-state index contributed by atoms with van der Waals surface area (Å²) in [6.45, 7) is 7.55. The molecule has 2 amide bonds. The number of rotatable bonds is 4. The van der Waals surface area contributed by atoms with Crippen LogP contribution in [0.4, 0.5) is 5.69 Å². The molecule has 0 saturated carbocycles. The molecule has 6 heteroatoms. The van der Waals surface area contributed by atoms with Crippen molar-refractivity contribution >= 4 is 28.8 Å². The smallest absolute Gasteiger partial charge is 0.263 e. The third-order valence-corrected chi connectivity index (χ3v) is 5.99. The second-order valence-corrected chi connectivity index (χ2v) is 9.17. The quantitative estimate of drug-likeness (QED) is 0.819. The van der Waals surface area contributed by atoms with Crippen molar-refractivity contribution in [1.29, 1.82) is 0 Å². The average Bonchev–Trinajstić information content (AvgIpc) is 3.21. The molecule has 1 aliphatic rings. The summed E-state index contributed by atoms with van der Waals surface area (Å²) in [4.78, 5) is 28.1. The fourth-order valence-corrected chi connectivity index (χ4v) is 4.13. The molecule has 3 rings (SSSR count). The molecule has 150 valence electrons. The van der Waals surface area contributed by atoms with Gasteiger partial charge in [-0.3, -0.25) is 9.59 Å². The van der Waals surface area contributed by atoms with Gasteiger partial charge in [0.15, 0.2) is 0 Å². The molecule has 1 saturated heterocycles. The molecule has 28 heavy (non-hydrogen) atoms. The Morgan fingerprint density at radius 3 is 2.68 bits per heavy atom. The molecule has 1 atom stereocenters. The Labute approximate surface area is 170 Å². The zero-order valence-corrected chi connectivity index (χ0v) is 17.8. The summed E-state index contributed by atoms with van der Waals surface area (Å²) in [5.41, 5.74) is 1.78. The lowest BCUT2D eigenvalue weighted by atomic mass is 9.86. The van der Waals surface area contributed by atoms with E-state index in [1.165, 1.54) is 11.3 Å². The molecule has 1 aliphatic heterocycles. The van der Waals surface area contributed by atoms with Gasteiger partial charge in [0.05, 0.1) is 23.6 Å². The minimum atomic E-state index is -0.222. The molecule has 5 nitrogen and oxygen atoms in total. The van der Waals surface area contributed by atoms with E-state index in [0.29, 0.717) is 24.5 Å². The summed E-state index contributed by atoms with van der Waals surface area (Å²) in [6, 6.07) is 9.61. The molecule has 0 aliphatic carbocycles. The van der Waals surface area contributed by atoms with Gasteiger partial charge in [-0.25, -0.2) is 0 Å². The van der Waals surface area contributed by atoms with Gasteiger partial charge >= 0.3 is 0 Å². The number of methoxy groups -OCH3 is 1. The second kappa shape index (κ2) is 8.35. The van der Waals surface area contributed by atoms with Crippen molar-refractivity contribution in [2.75, 3.05) is 25.5 Å². The number of amides is 2. The summed E-state index contributed by atoms with van der Waals surface area (Å²) in [5, 5.41) is 4.94. The Kier molecular flexibility index (Phi) is 6.08. The largest absolute Gasteiger partial charge is 0.495 e. The Morgan fingerprint density at radius 1 is 1.25 bits per heavy atom. The first-order chi connectivity index (χ1) is 13.3. The van der Waals surface area contributed by atoms with E-state index in [0.717, 1.165) is 23.3 Å². The first-order valence-corrected chi connectivity index (χ1v) is 10.5. The Hall–Kier alpha value is -2.34. The van der Waals surface area contributed by atoms with Gasteiger partial charge in [-0.15, -0.1) is 11.3 Å². The molecular formula is C22H28N2O3S. The first-order valence-electron chi connectivity index (χ1n) is 9.62. The highest BCUT2D eigenvalue weighted by molar-refractivity contribution is 7.12. The SMILES string of the molecule is COc1ccc(C(C)(C)C)cc1NC(=O)C1CCCN(C(=O)c2cccs2)C1. The number of ether oxygens (including phenoxy) is 1. The molecule has 0 bridgehead atoms. The molecule has 1 aromatic carbocycles. The maximum absolute atomic E-state index is 12.9. The van der Waals surface area contributed by atoms with E-state index in [1.807, 2.05) is 35.7 Å². The second-order valence-electron chi connectivity index (χ2n) is 8.22. The van der Waals surface area contributed by atoms with Crippen molar-refractivity contribution in [1.82, 2.24) is 4.90 Å². The van der Waals surface area contributed by atoms with Crippen molar-refractivity contribution in [3.05, 3.63) is 46.2 Å². The van der Waals surface area contributed by atoms with Crippen molar-refractivity contribution in [2.45, 2.75) is 39.0 Å². The minimum absolute atomic E-state index is 0.0137. The average molecular weight is 401 g/mol. The van der Waals surface area contributed by atoms with Crippen molar-refractivity contribution in [3.8, 4) is 5.75 Å². The van der Waals surface area contributed by atoms with Gasteiger partial charge in [-0.1, -0.05) is 32.9 Å². The number of thiophene rings is 1. The molecule has 2 aromatic rings. The van der Waals surface area contributed by atoms with E-state index < -0.39 is 0 Å². The monoisotopic (exact) mass is 400 g/mol. The highest BCUT2D eigenvalue weighted by atomic mass is 32.1. The molecular weight excluding hydrogens is 372 g/mol. The molecule has 0 spiro atoms. The van der Waals surface area contributed by atoms with E-state index >= 15 is 0 Å². The summed E-state index contributed by atoms with van der Waals surface area (Å²) in [6.07, 6.45) is 1.61. The van der Waals surface area contributed by atoms with Crippen LogP contribution in [0.15, 0.2) is 35.7 Å². The number of piperidine rings is 1. The standard InChI is InChI=1S/C22H28N2O3S/c1-22(2,3)16-9-10-18(27-4)17(13-16)23-20(25)15-7-5-11-24(14-15)21(26)19-8-6-12-28-19/h6,8-10,12-13,15H,5,7,11,14H2,1-4H3,(H,23,25). The van der Waals surface area contributed by atoms with E-state index in [2.05, 4.69) is 26.1 Å². The number of carbonyl (C=O) groups is 2. The summed E-state index contributed by atoms with van der Waals surface area (Å²) < 4.78 is 5.43. The van der Waals surface area contributed by atoms with Crippen molar-refractivity contribution in [2.24, 2.45) is 5.92 Å². The van der Waals surface area contributed by atoms with Crippen molar-refractivity contribution in [3.63, 3.8) is 0 Å². The van der Waals surface area contributed by atoms with Crippen molar-refractivity contribution < 1.29 is 14.3 Å². The maximum atomic E-state index is 12.9. The van der Waals surface area contributed by atoms with Gasteiger partial charge in [0.1, 0.15) is 5.75 Å². The number of anilines is 1. The minimum Gasteiger partial charge on any atom is -0.495 e. The molecule has 0 radical (unpaired) electrons. The topological polar surface area (TPSA) is 58.6 Å². The van der Waals surface area contributed by atoms with Gasteiger partial charge in [0.2, 0.25) is 5.91 Å². The molecule has 1 unspecified atom stereocenters. The number of nitrogens with one attached hydrogen (secondary N) is 1. The number of likely N-dealkylation sites (tertiary alicyclic amines) is 1. The third kappa shape index (κ3) is 4.55. The highest BCUT2D eigenvalue weighted by Crippen LogP contribution is 2.32. The fourth-order valence-electron chi connectivity index (χ4n) is 3.44. The number of hydrogen-bond acceptors (Lipinski definition) is 4. The summed E-state index contributed by atoms with van der Waals surface area (Å²) in [5.74, 6) is 0.372.